The molecule has 0 aliphatic rings. The van der Waals surface area contributed by atoms with Crippen LogP contribution in [-0.2, 0) is 4.79 Å². The van der Waals surface area contributed by atoms with E-state index in [4.69, 9.17) is 11.6 Å². The lowest BCUT2D eigenvalue weighted by molar-refractivity contribution is -0.114. The van der Waals surface area contributed by atoms with Crippen LogP contribution in [-0.4, -0.2) is 11.8 Å². The van der Waals surface area contributed by atoms with Crippen LogP contribution in [0.5, 0.6) is 0 Å². The van der Waals surface area contributed by atoms with Crippen LogP contribution in [0.1, 0.15) is 17.3 Å². The SMILES string of the molecule is CC(=O)Nc1ccc(Cl)c(NC(=O)c2ccc(I)cc2)c1. The third-order valence-corrected chi connectivity index (χ3v) is 3.69. The zero-order chi connectivity index (χ0) is 15.4. The molecule has 2 aromatic rings. The van der Waals surface area contributed by atoms with Crippen molar-refractivity contribution in [2.24, 2.45) is 0 Å². The van der Waals surface area contributed by atoms with Gasteiger partial charge in [-0.1, -0.05) is 11.6 Å². The number of hydrogen-bond acceptors (Lipinski definition) is 2. The maximum absolute atomic E-state index is 12.2. The minimum Gasteiger partial charge on any atom is -0.326 e. The van der Waals surface area contributed by atoms with Crippen molar-refractivity contribution in [3.05, 3.63) is 56.6 Å². The largest absolute Gasteiger partial charge is 0.326 e. The van der Waals surface area contributed by atoms with Crippen molar-refractivity contribution in [3.8, 4) is 0 Å². The first-order valence-corrected chi connectivity index (χ1v) is 7.55. The van der Waals surface area contributed by atoms with E-state index in [1.165, 1.54) is 6.92 Å². The van der Waals surface area contributed by atoms with E-state index in [2.05, 4.69) is 33.2 Å². The molecule has 2 aromatic carbocycles. The number of halogens is 2. The second-order valence-electron chi connectivity index (χ2n) is 4.34. The van der Waals surface area contributed by atoms with Crippen molar-refractivity contribution in [3.63, 3.8) is 0 Å². The summed E-state index contributed by atoms with van der Waals surface area (Å²) in [5.74, 6) is -0.444. The normalized spacial score (nSPS) is 10.0. The zero-order valence-electron chi connectivity index (χ0n) is 11.1. The van der Waals surface area contributed by atoms with Gasteiger partial charge in [-0.2, -0.15) is 0 Å². The first-order valence-electron chi connectivity index (χ1n) is 6.10. The van der Waals surface area contributed by atoms with Crippen molar-refractivity contribution in [2.75, 3.05) is 10.6 Å². The smallest absolute Gasteiger partial charge is 0.255 e. The van der Waals surface area contributed by atoms with Gasteiger partial charge in [0.25, 0.3) is 5.91 Å². The summed E-state index contributed by atoms with van der Waals surface area (Å²) in [5, 5.41) is 5.78. The van der Waals surface area contributed by atoms with Crippen LogP contribution < -0.4 is 10.6 Å². The van der Waals surface area contributed by atoms with Crippen LogP contribution in [0.3, 0.4) is 0 Å². The Morgan fingerprint density at radius 2 is 1.71 bits per heavy atom. The monoisotopic (exact) mass is 414 g/mol. The van der Waals surface area contributed by atoms with E-state index in [-0.39, 0.29) is 11.8 Å². The van der Waals surface area contributed by atoms with Gasteiger partial charge >= 0.3 is 0 Å². The van der Waals surface area contributed by atoms with Crippen molar-refractivity contribution in [1.29, 1.82) is 0 Å². The highest BCUT2D eigenvalue weighted by molar-refractivity contribution is 14.1. The van der Waals surface area contributed by atoms with E-state index in [1.807, 2.05) is 12.1 Å². The van der Waals surface area contributed by atoms with Gasteiger partial charge in [-0.05, 0) is 65.1 Å². The fourth-order valence-corrected chi connectivity index (χ4v) is 2.22. The summed E-state index contributed by atoms with van der Waals surface area (Å²) in [6.07, 6.45) is 0. The van der Waals surface area contributed by atoms with Gasteiger partial charge < -0.3 is 10.6 Å². The molecule has 0 aliphatic heterocycles. The molecule has 4 nitrogen and oxygen atoms in total. The lowest BCUT2D eigenvalue weighted by atomic mass is 10.2. The number of carbonyl (C=O) groups excluding carboxylic acids is 2. The zero-order valence-corrected chi connectivity index (χ0v) is 14.0. The molecule has 0 heterocycles. The van der Waals surface area contributed by atoms with Crippen molar-refractivity contribution < 1.29 is 9.59 Å². The van der Waals surface area contributed by atoms with Crippen molar-refractivity contribution in [1.82, 2.24) is 0 Å². The average Bonchev–Trinajstić information content (AvgIpc) is 2.42. The van der Waals surface area contributed by atoms with Crippen LogP contribution in [0, 0.1) is 3.57 Å². The number of hydrogen-bond donors (Lipinski definition) is 2. The summed E-state index contributed by atoms with van der Waals surface area (Å²) in [5.41, 5.74) is 1.56. The maximum atomic E-state index is 12.2. The van der Waals surface area contributed by atoms with Gasteiger partial charge in [-0.15, -0.1) is 0 Å². The molecule has 2 rings (SSSR count). The third kappa shape index (κ3) is 4.44. The Morgan fingerprint density at radius 3 is 2.33 bits per heavy atom. The van der Waals surface area contributed by atoms with Crippen LogP contribution in [0.25, 0.3) is 0 Å². The molecular weight excluding hydrogens is 403 g/mol. The third-order valence-electron chi connectivity index (χ3n) is 2.64. The molecule has 0 saturated carbocycles. The standard InChI is InChI=1S/C15H12ClIN2O2/c1-9(20)18-12-6-7-13(16)14(8-12)19-15(21)10-2-4-11(17)5-3-10/h2-8H,1H3,(H,18,20)(H,19,21). The number of nitrogens with one attached hydrogen (secondary N) is 2. The number of benzene rings is 2. The number of anilines is 2. The molecule has 108 valence electrons. The summed E-state index contributed by atoms with van der Waals surface area (Å²) in [4.78, 5) is 23.2. The number of carbonyl (C=O) groups is 2. The van der Waals surface area contributed by atoms with Crippen molar-refractivity contribution in [2.45, 2.75) is 6.92 Å². The van der Waals surface area contributed by atoms with E-state index in [1.54, 1.807) is 30.3 Å². The molecule has 0 atom stereocenters. The maximum Gasteiger partial charge on any atom is 0.255 e. The second kappa shape index (κ2) is 6.91. The highest BCUT2D eigenvalue weighted by Gasteiger charge is 2.09. The van der Waals surface area contributed by atoms with Gasteiger partial charge in [0, 0.05) is 21.7 Å². The van der Waals surface area contributed by atoms with Crippen LogP contribution in [0.15, 0.2) is 42.5 Å². The molecule has 6 heteroatoms. The van der Waals surface area contributed by atoms with E-state index in [9.17, 15) is 9.59 Å². The summed E-state index contributed by atoms with van der Waals surface area (Å²) >= 11 is 8.23. The average molecular weight is 415 g/mol. The number of rotatable bonds is 3. The lowest BCUT2D eigenvalue weighted by Crippen LogP contribution is -2.13. The molecule has 0 aliphatic carbocycles. The van der Waals surface area contributed by atoms with Gasteiger partial charge in [0.2, 0.25) is 5.91 Å². The molecule has 0 spiro atoms. The Morgan fingerprint density at radius 1 is 1.05 bits per heavy atom. The van der Waals surface area contributed by atoms with Crippen molar-refractivity contribution >= 4 is 57.4 Å². The van der Waals surface area contributed by atoms with Gasteiger partial charge in [-0.25, -0.2) is 0 Å². The Hall–Kier alpha value is -1.60. The summed E-state index contributed by atoms with van der Waals surface area (Å²) in [7, 11) is 0. The minimum atomic E-state index is -0.256. The minimum absolute atomic E-state index is 0.188. The van der Waals surface area contributed by atoms with Crippen LogP contribution in [0.2, 0.25) is 5.02 Å². The quantitative estimate of drug-likeness (QED) is 0.741. The molecular formula is C15H12ClIN2O2. The molecule has 0 unspecified atom stereocenters. The Labute approximate surface area is 141 Å². The fraction of sp³-hybridized carbons (Fsp3) is 0.0667. The molecule has 0 aromatic heterocycles. The Balaban J connectivity index is 2.20. The van der Waals surface area contributed by atoms with E-state index in [0.717, 1.165) is 3.57 Å². The molecule has 0 fully saturated rings. The van der Waals surface area contributed by atoms with Crippen LogP contribution >= 0.6 is 34.2 Å². The molecule has 0 saturated heterocycles. The van der Waals surface area contributed by atoms with Gasteiger partial charge in [0.15, 0.2) is 0 Å². The fourth-order valence-electron chi connectivity index (χ4n) is 1.70. The molecule has 0 radical (unpaired) electrons. The molecule has 21 heavy (non-hydrogen) atoms. The van der Waals surface area contributed by atoms with E-state index < -0.39 is 0 Å². The Bertz CT molecular complexity index is 687. The first-order chi connectivity index (χ1) is 9.95. The lowest BCUT2D eigenvalue weighted by Gasteiger charge is -2.10. The van der Waals surface area contributed by atoms with Crippen LogP contribution in [0.4, 0.5) is 11.4 Å². The second-order valence-corrected chi connectivity index (χ2v) is 5.99. The number of amides is 2. The summed E-state index contributed by atoms with van der Waals surface area (Å²) in [6, 6.07) is 12.1. The summed E-state index contributed by atoms with van der Waals surface area (Å²) < 4.78 is 1.05. The van der Waals surface area contributed by atoms with Gasteiger partial charge in [0.1, 0.15) is 0 Å². The summed E-state index contributed by atoms with van der Waals surface area (Å²) in [6.45, 7) is 1.42. The predicted octanol–water partition coefficient (Wildman–Crippen LogP) is 4.16. The Kier molecular flexibility index (Phi) is 5.19. The molecule has 2 N–H and O–H groups in total. The molecule has 0 bridgehead atoms. The predicted molar refractivity (Wildman–Crippen MR) is 92.9 cm³/mol. The first kappa shape index (κ1) is 15.8. The highest BCUT2D eigenvalue weighted by atomic mass is 127. The molecule has 2 amide bonds. The van der Waals surface area contributed by atoms with E-state index >= 15 is 0 Å². The topological polar surface area (TPSA) is 58.2 Å². The highest BCUT2D eigenvalue weighted by Crippen LogP contribution is 2.26. The van der Waals surface area contributed by atoms with E-state index in [0.29, 0.717) is 22.0 Å². The van der Waals surface area contributed by atoms with Gasteiger partial charge in [-0.3, -0.25) is 9.59 Å². The van der Waals surface area contributed by atoms with Gasteiger partial charge in [0.05, 0.1) is 10.7 Å².